The van der Waals surface area contributed by atoms with E-state index in [9.17, 15) is 0 Å². The van der Waals surface area contributed by atoms with Crippen LogP contribution in [0.4, 0.5) is 11.5 Å². The molecule has 130 valence electrons. The van der Waals surface area contributed by atoms with E-state index in [1.54, 1.807) is 19.5 Å². The third-order valence-corrected chi connectivity index (χ3v) is 4.92. The fraction of sp³-hybridized carbons (Fsp3) is 0.312. The average molecular weight is 472 g/mol. The molecule has 1 saturated heterocycles. The van der Waals surface area contributed by atoms with Gasteiger partial charge in [-0.3, -0.25) is 4.57 Å². The first-order valence-electron chi connectivity index (χ1n) is 7.78. The van der Waals surface area contributed by atoms with Crippen LogP contribution < -0.4 is 10.1 Å². The van der Waals surface area contributed by atoms with Crippen LogP contribution in [0.5, 0.6) is 5.75 Å². The second-order valence-corrected chi connectivity index (χ2v) is 6.92. The molecular formula is C16H15ClIN5O2. The number of hydrogen-bond acceptors (Lipinski definition) is 6. The van der Waals surface area contributed by atoms with Gasteiger partial charge in [0.15, 0.2) is 20.8 Å². The number of benzene rings is 1. The third kappa shape index (κ3) is 3.13. The highest BCUT2D eigenvalue weighted by molar-refractivity contribution is 14.1. The summed E-state index contributed by atoms with van der Waals surface area (Å²) >= 11 is 8.47. The molecule has 1 N–H and O–H groups in total. The quantitative estimate of drug-likeness (QED) is 0.455. The molecule has 0 amide bonds. The number of ether oxygens (including phenoxy) is 2. The Hall–Kier alpha value is -1.65. The van der Waals surface area contributed by atoms with E-state index in [1.807, 2.05) is 16.7 Å². The van der Waals surface area contributed by atoms with Gasteiger partial charge in [-0.25, -0.2) is 15.0 Å². The molecule has 1 aliphatic heterocycles. The Balaban J connectivity index is 1.77. The number of fused-ring (bicyclic) bond motifs is 1. The van der Waals surface area contributed by atoms with Crippen LogP contribution in [0.2, 0.25) is 5.02 Å². The van der Waals surface area contributed by atoms with E-state index in [-0.39, 0.29) is 6.23 Å². The predicted octanol–water partition coefficient (Wildman–Crippen LogP) is 4.15. The van der Waals surface area contributed by atoms with Gasteiger partial charge in [-0.1, -0.05) is 17.7 Å². The first kappa shape index (κ1) is 16.8. The number of aromatic nitrogens is 4. The van der Waals surface area contributed by atoms with Crippen molar-refractivity contribution in [2.24, 2.45) is 0 Å². The van der Waals surface area contributed by atoms with Crippen molar-refractivity contribution in [2.75, 3.05) is 19.0 Å². The number of hydrogen-bond donors (Lipinski definition) is 1. The molecule has 1 aliphatic rings. The minimum atomic E-state index is -0.0241. The highest BCUT2D eigenvalue weighted by Crippen LogP contribution is 2.35. The van der Waals surface area contributed by atoms with Crippen molar-refractivity contribution in [3.05, 3.63) is 33.4 Å². The van der Waals surface area contributed by atoms with Gasteiger partial charge in [-0.2, -0.15) is 0 Å². The summed E-state index contributed by atoms with van der Waals surface area (Å²) in [5, 5.41) is 3.74. The third-order valence-electron chi connectivity index (χ3n) is 4.05. The highest BCUT2D eigenvalue weighted by atomic mass is 127. The van der Waals surface area contributed by atoms with Crippen LogP contribution in [0.25, 0.3) is 11.2 Å². The Morgan fingerprint density at radius 3 is 3.04 bits per heavy atom. The van der Waals surface area contributed by atoms with Gasteiger partial charge in [0, 0.05) is 29.2 Å². The maximum atomic E-state index is 6.38. The van der Waals surface area contributed by atoms with Crippen molar-refractivity contribution < 1.29 is 9.47 Å². The fourth-order valence-corrected chi connectivity index (χ4v) is 3.58. The summed E-state index contributed by atoms with van der Waals surface area (Å²) in [6, 6.07) is 5.53. The molecule has 1 aromatic carbocycles. The fourth-order valence-electron chi connectivity index (χ4n) is 2.86. The lowest BCUT2D eigenvalue weighted by atomic mass is 10.3. The van der Waals surface area contributed by atoms with E-state index in [0.29, 0.717) is 31.6 Å². The zero-order chi connectivity index (χ0) is 17.4. The molecule has 0 bridgehead atoms. The monoisotopic (exact) mass is 471 g/mol. The zero-order valence-corrected chi connectivity index (χ0v) is 16.3. The molecule has 0 radical (unpaired) electrons. The zero-order valence-electron chi connectivity index (χ0n) is 13.4. The number of methoxy groups -OCH3 is 1. The Bertz CT molecular complexity index is 926. The number of nitrogens with zero attached hydrogens (tertiary/aromatic N) is 4. The Morgan fingerprint density at radius 1 is 1.40 bits per heavy atom. The number of halogens is 2. The predicted molar refractivity (Wildman–Crippen MR) is 104 cm³/mol. The number of nitrogens with one attached hydrogen (secondary N) is 1. The Morgan fingerprint density at radius 2 is 2.28 bits per heavy atom. The van der Waals surface area contributed by atoms with Crippen molar-refractivity contribution in [2.45, 2.75) is 19.1 Å². The molecule has 25 heavy (non-hydrogen) atoms. The van der Waals surface area contributed by atoms with E-state index in [4.69, 9.17) is 21.1 Å². The lowest BCUT2D eigenvalue weighted by molar-refractivity contribution is 0.0592. The molecule has 1 unspecified atom stereocenters. The number of imidazole rings is 1. The van der Waals surface area contributed by atoms with Gasteiger partial charge in [-0.05, 0) is 25.0 Å². The van der Waals surface area contributed by atoms with Gasteiger partial charge in [0.2, 0.25) is 0 Å². The van der Waals surface area contributed by atoms with Gasteiger partial charge >= 0.3 is 0 Å². The molecule has 1 fully saturated rings. The van der Waals surface area contributed by atoms with Crippen LogP contribution in [0, 0.1) is 3.83 Å². The van der Waals surface area contributed by atoms with Crippen molar-refractivity contribution in [1.82, 2.24) is 19.5 Å². The lowest BCUT2D eigenvalue weighted by Crippen LogP contribution is -2.08. The molecule has 0 spiro atoms. The lowest BCUT2D eigenvalue weighted by Gasteiger charge is -2.13. The van der Waals surface area contributed by atoms with Crippen LogP contribution in [-0.4, -0.2) is 33.2 Å². The van der Waals surface area contributed by atoms with E-state index < -0.39 is 0 Å². The summed E-state index contributed by atoms with van der Waals surface area (Å²) in [5.74, 6) is 1.19. The molecule has 3 aromatic rings. The average Bonchev–Trinajstić information content (AvgIpc) is 3.25. The minimum absolute atomic E-state index is 0.0241. The van der Waals surface area contributed by atoms with Crippen molar-refractivity contribution in [3.63, 3.8) is 0 Å². The maximum Gasteiger partial charge on any atom is 0.194 e. The van der Waals surface area contributed by atoms with E-state index in [0.717, 1.165) is 25.1 Å². The highest BCUT2D eigenvalue weighted by Gasteiger charge is 2.22. The summed E-state index contributed by atoms with van der Waals surface area (Å²) in [6.07, 6.45) is 3.72. The van der Waals surface area contributed by atoms with Crippen molar-refractivity contribution >= 4 is 56.9 Å². The van der Waals surface area contributed by atoms with Crippen LogP contribution in [-0.2, 0) is 4.74 Å². The molecule has 0 saturated carbocycles. The summed E-state index contributed by atoms with van der Waals surface area (Å²) < 4.78 is 13.6. The van der Waals surface area contributed by atoms with Gasteiger partial charge in [0.25, 0.3) is 0 Å². The van der Waals surface area contributed by atoms with Crippen molar-refractivity contribution in [1.29, 1.82) is 0 Å². The first-order valence-corrected chi connectivity index (χ1v) is 9.24. The van der Waals surface area contributed by atoms with Crippen LogP contribution in [0.15, 0.2) is 24.5 Å². The van der Waals surface area contributed by atoms with Crippen molar-refractivity contribution in [3.8, 4) is 5.75 Å². The SMILES string of the molecule is COc1cccc(Nc2nc(I)nc3c2ncn3C2CCCO2)c1Cl. The molecule has 1 atom stereocenters. The minimum Gasteiger partial charge on any atom is -0.495 e. The largest absolute Gasteiger partial charge is 0.495 e. The second-order valence-electron chi connectivity index (χ2n) is 5.58. The molecule has 3 heterocycles. The molecule has 2 aromatic heterocycles. The van der Waals surface area contributed by atoms with Gasteiger partial charge in [-0.15, -0.1) is 0 Å². The normalized spacial score (nSPS) is 17.2. The maximum absolute atomic E-state index is 6.38. The summed E-state index contributed by atoms with van der Waals surface area (Å²) in [5.41, 5.74) is 2.12. The Labute approximate surface area is 162 Å². The number of rotatable bonds is 4. The Kier molecular flexibility index (Phi) is 4.65. The smallest absolute Gasteiger partial charge is 0.194 e. The molecule has 4 rings (SSSR count). The molecule has 7 nitrogen and oxygen atoms in total. The molecule has 0 aliphatic carbocycles. The summed E-state index contributed by atoms with van der Waals surface area (Å²) in [4.78, 5) is 13.5. The molecule has 9 heteroatoms. The van der Waals surface area contributed by atoms with Gasteiger partial charge in [0.05, 0.1) is 19.1 Å². The van der Waals surface area contributed by atoms with Crippen LogP contribution >= 0.6 is 34.2 Å². The van der Waals surface area contributed by atoms with Crippen LogP contribution in [0.3, 0.4) is 0 Å². The summed E-state index contributed by atoms with van der Waals surface area (Å²) in [7, 11) is 1.58. The summed E-state index contributed by atoms with van der Waals surface area (Å²) in [6.45, 7) is 0.761. The number of anilines is 2. The molecular weight excluding hydrogens is 457 g/mol. The standard InChI is InChI=1S/C16H15ClIN5O2/c1-24-10-5-2-4-9(12(10)17)20-14-13-15(22-16(18)21-14)23(8-19-13)11-6-3-7-25-11/h2,4-5,8,11H,3,6-7H2,1H3,(H,20,21,22). The van der Waals surface area contributed by atoms with Crippen LogP contribution in [0.1, 0.15) is 19.1 Å². The van der Waals surface area contributed by atoms with Gasteiger partial charge < -0.3 is 14.8 Å². The van der Waals surface area contributed by atoms with E-state index in [2.05, 4.69) is 42.9 Å². The topological polar surface area (TPSA) is 74.1 Å². The van der Waals surface area contributed by atoms with E-state index in [1.165, 1.54) is 0 Å². The first-order chi connectivity index (χ1) is 12.2. The van der Waals surface area contributed by atoms with Gasteiger partial charge in [0.1, 0.15) is 17.0 Å². The van der Waals surface area contributed by atoms with E-state index >= 15 is 0 Å². The second kappa shape index (κ2) is 6.93.